The summed E-state index contributed by atoms with van der Waals surface area (Å²) in [5.41, 5.74) is 1.13. The minimum atomic E-state index is 0.0963. The summed E-state index contributed by atoms with van der Waals surface area (Å²) in [5, 5.41) is 10.3. The Morgan fingerprint density at radius 2 is 2.00 bits per heavy atom. The van der Waals surface area contributed by atoms with Crippen molar-refractivity contribution in [3.8, 4) is 0 Å². The van der Waals surface area contributed by atoms with Crippen molar-refractivity contribution in [1.29, 1.82) is 0 Å². The zero-order valence-electron chi connectivity index (χ0n) is 11.9. The second-order valence-corrected chi connectivity index (χ2v) is 6.07. The Morgan fingerprint density at radius 1 is 1.35 bits per heavy atom. The number of nitrogens with zero attached hydrogens (tertiary/aromatic N) is 2. The number of likely N-dealkylation sites (N-methyl/N-ethyl adjacent to an activating group) is 1. The van der Waals surface area contributed by atoms with E-state index in [1.807, 2.05) is 48.2 Å². The maximum Gasteiger partial charge on any atom is 0.236 e. The van der Waals surface area contributed by atoms with Gasteiger partial charge in [0.1, 0.15) is 0 Å². The number of carbonyl (C=O) groups excluding carboxylic acids is 1. The second kappa shape index (κ2) is 6.57. The predicted molar refractivity (Wildman–Crippen MR) is 79.9 cm³/mol. The Kier molecular flexibility index (Phi) is 5.02. The summed E-state index contributed by atoms with van der Waals surface area (Å²) in [6.45, 7) is 1.79. The van der Waals surface area contributed by atoms with Crippen LogP contribution in [0.1, 0.15) is 11.5 Å². The molecule has 20 heavy (non-hydrogen) atoms. The van der Waals surface area contributed by atoms with Gasteiger partial charge in [-0.3, -0.25) is 4.79 Å². The molecular weight excluding hydrogens is 276 g/mol. The molecule has 1 heterocycles. The first kappa shape index (κ1) is 15.3. The fourth-order valence-corrected chi connectivity index (χ4v) is 2.84. The van der Waals surface area contributed by atoms with Crippen LogP contribution in [-0.2, 0) is 4.79 Å². The maximum absolute atomic E-state index is 12.1. The number of carbonyl (C=O) groups is 1. The number of amides is 1. The summed E-state index contributed by atoms with van der Waals surface area (Å²) in [6.07, 6.45) is 0. The van der Waals surface area contributed by atoms with E-state index in [-0.39, 0.29) is 24.3 Å². The zero-order valence-corrected chi connectivity index (χ0v) is 12.7. The lowest BCUT2D eigenvalue weighted by Gasteiger charge is -2.19. The first-order valence-electron chi connectivity index (χ1n) is 6.80. The molecule has 1 saturated heterocycles. The van der Waals surface area contributed by atoms with E-state index in [0.717, 1.165) is 5.56 Å². The Morgan fingerprint density at radius 3 is 2.55 bits per heavy atom. The van der Waals surface area contributed by atoms with Gasteiger partial charge in [0, 0.05) is 36.6 Å². The summed E-state index contributed by atoms with van der Waals surface area (Å²) < 4.78 is 0. The molecule has 1 fully saturated rings. The first-order chi connectivity index (χ1) is 9.51. The van der Waals surface area contributed by atoms with Crippen molar-refractivity contribution in [2.75, 3.05) is 40.3 Å². The van der Waals surface area contributed by atoms with Gasteiger partial charge in [-0.1, -0.05) is 23.7 Å². The van der Waals surface area contributed by atoms with Crippen LogP contribution < -0.4 is 0 Å². The third-order valence-corrected chi connectivity index (χ3v) is 4.03. The third-order valence-electron chi connectivity index (χ3n) is 3.78. The zero-order chi connectivity index (χ0) is 14.7. The highest BCUT2D eigenvalue weighted by molar-refractivity contribution is 6.30. The standard InChI is InChI=1S/C15H21ClN2O2/c1-17(2)9-15(20)18-7-12(10-19)14(8-18)11-3-5-13(16)6-4-11/h3-6,12,14,19H,7-10H2,1-2H3/t12-,14-/m0/s1. The molecule has 0 bridgehead atoms. The minimum Gasteiger partial charge on any atom is -0.396 e. The molecule has 2 rings (SSSR count). The lowest BCUT2D eigenvalue weighted by atomic mass is 9.90. The summed E-state index contributed by atoms with van der Waals surface area (Å²) >= 11 is 5.91. The van der Waals surface area contributed by atoms with Crippen molar-refractivity contribution in [2.24, 2.45) is 5.92 Å². The van der Waals surface area contributed by atoms with Gasteiger partial charge in [0.05, 0.1) is 6.54 Å². The van der Waals surface area contributed by atoms with Crippen molar-refractivity contribution in [2.45, 2.75) is 5.92 Å². The highest BCUT2D eigenvalue weighted by Gasteiger charge is 2.35. The van der Waals surface area contributed by atoms with E-state index in [9.17, 15) is 9.90 Å². The van der Waals surface area contributed by atoms with Crippen LogP contribution in [-0.4, -0.2) is 61.2 Å². The highest BCUT2D eigenvalue weighted by Crippen LogP contribution is 2.33. The SMILES string of the molecule is CN(C)CC(=O)N1C[C@@H](CO)[C@H](c2ccc(Cl)cc2)C1. The average Bonchev–Trinajstić information content (AvgIpc) is 2.83. The molecule has 1 aliphatic rings. The average molecular weight is 297 g/mol. The smallest absolute Gasteiger partial charge is 0.236 e. The van der Waals surface area contributed by atoms with E-state index >= 15 is 0 Å². The first-order valence-corrected chi connectivity index (χ1v) is 7.18. The van der Waals surface area contributed by atoms with Gasteiger partial charge in [-0.25, -0.2) is 0 Å². The Labute approximate surface area is 124 Å². The number of aliphatic hydroxyl groups excluding tert-OH is 1. The number of hydrogen-bond donors (Lipinski definition) is 1. The fourth-order valence-electron chi connectivity index (χ4n) is 2.72. The molecule has 0 unspecified atom stereocenters. The summed E-state index contributed by atoms with van der Waals surface area (Å²) in [4.78, 5) is 15.8. The van der Waals surface area contributed by atoms with Gasteiger partial charge < -0.3 is 14.9 Å². The number of rotatable bonds is 4. The highest BCUT2D eigenvalue weighted by atomic mass is 35.5. The maximum atomic E-state index is 12.1. The molecule has 5 heteroatoms. The molecule has 110 valence electrons. The van der Waals surface area contributed by atoms with Gasteiger partial charge >= 0.3 is 0 Å². The van der Waals surface area contributed by atoms with E-state index in [4.69, 9.17) is 11.6 Å². The van der Waals surface area contributed by atoms with Crippen LogP contribution in [0.3, 0.4) is 0 Å². The molecular formula is C15H21ClN2O2. The molecule has 1 aromatic carbocycles. The van der Waals surface area contributed by atoms with Crippen LogP contribution in [0.4, 0.5) is 0 Å². The third kappa shape index (κ3) is 3.51. The van der Waals surface area contributed by atoms with Crippen molar-refractivity contribution in [1.82, 2.24) is 9.80 Å². The van der Waals surface area contributed by atoms with Gasteiger partial charge in [0.25, 0.3) is 0 Å². The molecule has 1 aromatic rings. The van der Waals surface area contributed by atoms with Gasteiger partial charge in [-0.2, -0.15) is 0 Å². The molecule has 1 amide bonds. The number of hydrogen-bond acceptors (Lipinski definition) is 3. The van der Waals surface area contributed by atoms with E-state index in [1.165, 1.54) is 0 Å². The summed E-state index contributed by atoms with van der Waals surface area (Å²) in [7, 11) is 3.77. The van der Waals surface area contributed by atoms with Gasteiger partial charge in [0.15, 0.2) is 0 Å². The molecule has 1 N–H and O–H groups in total. The van der Waals surface area contributed by atoms with Crippen molar-refractivity contribution < 1.29 is 9.90 Å². The molecule has 0 radical (unpaired) electrons. The Bertz CT molecular complexity index is 461. The molecule has 1 aliphatic heterocycles. The normalized spacial score (nSPS) is 22.6. The van der Waals surface area contributed by atoms with Crippen molar-refractivity contribution >= 4 is 17.5 Å². The van der Waals surface area contributed by atoms with Gasteiger partial charge in [-0.15, -0.1) is 0 Å². The van der Waals surface area contributed by atoms with Crippen LogP contribution in [0.25, 0.3) is 0 Å². The quantitative estimate of drug-likeness (QED) is 0.914. The van der Waals surface area contributed by atoms with Crippen LogP contribution in [0.2, 0.25) is 5.02 Å². The monoisotopic (exact) mass is 296 g/mol. The van der Waals surface area contributed by atoms with Gasteiger partial charge in [-0.05, 0) is 31.8 Å². The molecule has 4 nitrogen and oxygen atoms in total. The molecule has 0 aliphatic carbocycles. The van der Waals surface area contributed by atoms with Crippen LogP contribution in [0.15, 0.2) is 24.3 Å². The predicted octanol–water partition coefficient (Wildman–Crippen LogP) is 1.44. The van der Waals surface area contributed by atoms with Gasteiger partial charge in [0.2, 0.25) is 5.91 Å². The van der Waals surface area contributed by atoms with Crippen LogP contribution >= 0.6 is 11.6 Å². The van der Waals surface area contributed by atoms with Crippen LogP contribution in [0.5, 0.6) is 0 Å². The van der Waals surface area contributed by atoms with E-state index < -0.39 is 0 Å². The van der Waals surface area contributed by atoms with E-state index in [0.29, 0.717) is 24.7 Å². The summed E-state index contributed by atoms with van der Waals surface area (Å²) in [5.74, 6) is 0.399. The fraction of sp³-hybridized carbons (Fsp3) is 0.533. The second-order valence-electron chi connectivity index (χ2n) is 5.64. The summed E-state index contributed by atoms with van der Waals surface area (Å²) in [6, 6.07) is 7.68. The van der Waals surface area contributed by atoms with Crippen molar-refractivity contribution in [3.05, 3.63) is 34.9 Å². The Balaban J connectivity index is 2.10. The lowest BCUT2D eigenvalue weighted by molar-refractivity contribution is -0.131. The topological polar surface area (TPSA) is 43.8 Å². The number of likely N-dealkylation sites (tertiary alicyclic amines) is 1. The molecule has 0 aromatic heterocycles. The molecule has 0 saturated carbocycles. The molecule has 2 atom stereocenters. The Hall–Kier alpha value is -1.10. The number of aliphatic hydroxyl groups is 1. The van der Waals surface area contributed by atoms with E-state index in [1.54, 1.807) is 0 Å². The largest absolute Gasteiger partial charge is 0.396 e. The molecule has 0 spiro atoms. The lowest BCUT2D eigenvalue weighted by Crippen LogP contribution is -2.36. The van der Waals surface area contributed by atoms with Crippen LogP contribution in [0, 0.1) is 5.92 Å². The number of benzene rings is 1. The van der Waals surface area contributed by atoms with E-state index in [2.05, 4.69) is 0 Å². The van der Waals surface area contributed by atoms with Crippen molar-refractivity contribution in [3.63, 3.8) is 0 Å². The number of halogens is 1. The minimum absolute atomic E-state index is 0.0963.